The SMILES string of the molecule is CCNCc1cc(Br)ccc1OCCC(=O)NCC. The number of halogens is 1. The Morgan fingerprint density at radius 2 is 2.11 bits per heavy atom. The van der Waals surface area contributed by atoms with E-state index in [2.05, 4.69) is 33.5 Å². The summed E-state index contributed by atoms with van der Waals surface area (Å²) in [6.07, 6.45) is 0.380. The maximum atomic E-state index is 11.3. The molecule has 0 bridgehead atoms. The minimum Gasteiger partial charge on any atom is -0.493 e. The van der Waals surface area contributed by atoms with Crippen LogP contribution in [0.25, 0.3) is 0 Å². The highest BCUT2D eigenvalue weighted by Gasteiger charge is 2.06. The van der Waals surface area contributed by atoms with Crippen LogP contribution in [0.15, 0.2) is 22.7 Å². The molecule has 106 valence electrons. The van der Waals surface area contributed by atoms with Gasteiger partial charge in [0.2, 0.25) is 5.91 Å². The van der Waals surface area contributed by atoms with Gasteiger partial charge in [0, 0.05) is 23.1 Å². The molecule has 0 saturated heterocycles. The Balaban J connectivity index is 2.54. The molecule has 0 aromatic heterocycles. The van der Waals surface area contributed by atoms with E-state index in [1.54, 1.807) is 0 Å². The van der Waals surface area contributed by atoms with Crippen LogP contribution in [-0.2, 0) is 11.3 Å². The highest BCUT2D eigenvalue weighted by molar-refractivity contribution is 9.10. The molecule has 0 aliphatic heterocycles. The molecule has 0 fully saturated rings. The zero-order valence-electron chi connectivity index (χ0n) is 11.5. The van der Waals surface area contributed by atoms with Gasteiger partial charge in [0.25, 0.3) is 0 Å². The van der Waals surface area contributed by atoms with Gasteiger partial charge in [-0.05, 0) is 31.7 Å². The van der Waals surface area contributed by atoms with Crippen molar-refractivity contribution in [2.45, 2.75) is 26.8 Å². The maximum absolute atomic E-state index is 11.3. The summed E-state index contributed by atoms with van der Waals surface area (Å²) in [5, 5.41) is 6.02. The van der Waals surface area contributed by atoms with Crippen molar-refractivity contribution in [3.05, 3.63) is 28.2 Å². The lowest BCUT2D eigenvalue weighted by atomic mass is 10.2. The molecule has 0 saturated carbocycles. The molecule has 0 aliphatic carbocycles. The zero-order chi connectivity index (χ0) is 14.1. The molecule has 0 heterocycles. The first-order valence-corrected chi connectivity index (χ1v) is 7.35. The predicted octanol–water partition coefficient (Wildman–Crippen LogP) is 2.46. The summed E-state index contributed by atoms with van der Waals surface area (Å²) in [7, 11) is 0. The molecule has 1 rings (SSSR count). The summed E-state index contributed by atoms with van der Waals surface area (Å²) >= 11 is 3.45. The van der Waals surface area contributed by atoms with Crippen LogP contribution in [-0.4, -0.2) is 25.6 Å². The van der Waals surface area contributed by atoms with Gasteiger partial charge in [-0.2, -0.15) is 0 Å². The molecular weight excluding hydrogens is 308 g/mol. The van der Waals surface area contributed by atoms with E-state index < -0.39 is 0 Å². The first-order valence-electron chi connectivity index (χ1n) is 6.56. The van der Waals surface area contributed by atoms with Crippen molar-refractivity contribution in [3.8, 4) is 5.75 Å². The van der Waals surface area contributed by atoms with Gasteiger partial charge in [0.05, 0.1) is 13.0 Å². The lowest BCUT2D eigenvalue weighted by Gasteiger charge is -2.12. The standard InChI is InChI=1S/C14H21BrN2O2/c1-3-16-10-11-9-12(15)5-6-13(11)19-8-7-14(18)17-4-2/h5-6,9,16H,3-4,7-8,10H2,1-2H3,(H,17,18). The predicted molar refractivity (Wildman–Crippen MR) is 80.3 cm³/mol. The lowest BCUT2D eigenvalue weighted by Crippen LogP contribution is -2.24. The third-order valence-corrected chi connectivity index (χ3v) is 3.04. The summed E-state index contributed by atoms with van der Waals surface area (Å²) in [6.45, 7) is 6.68. The molecule has 0 radical (unpaired) electrons. The number of carbonyl (C=O) groups is 1. The number of rotatable bonds is 8. The Labute approximate surface area is 123 Å². The van der Waals surface area contributed by atoms with Crippen LogP contribution in [0.5, 0.6) is 5.75 Å². The molecule has 1 aromatic rings. The first kappa shape index (κ1) is 16.0. The Morgan fingerprint density at radius 3 is 2.79 bits per heavy atom. The number of hydrogen-bond acceptors (Lipinski definition) is 3. The lowest BCUT2D eigenvalue weighted by molar-refractivity contribution is -0.121. The van der Waals surface area contributed by atoms with Crippen molar-refractivity contribution >= 4 is 21.8 Å². The monoisotopic (exact) mass is 328 g/mol. The highest BCUT2D eigenvalue weighted by Crippen LogP contribution is 2.23. The van der Waals surface area contributed by atoms with Gasteiger partial charge < -0.3 is 15.4 Å². The Hall–Kier alpha value is -1.07. The van der Waals surface area contributed by atoms with Crippen LogP contribution < -0.4 is 15.4 Å². The van der Waals surface area contributed by atoms with Gasteiger partial charge in [-0.1, -0.05) is 22.9 Å². The van der Waals surface area contributed by atoms with Crippen LogP contribution in [0.3, 0.4) is 0 Å². The van der Waals surface area contributed by atoms with Crippen molar-refractivity contribution in [2.75, 3.05) is 19.7 Å². The average Bonchev–Trinajstić information content (AvgIpc) is 2.39. The fourth-order valence-electron chi connectivity index (χ4n) is 1.63. The molecule has 1 amide bonds. The van der Waals surface area contributed by atoms with Crippen molar-refractivity contribution in [1.29, 1.82) is 0 Å². The summed E-state index contributed by atoms with van der Waals surface area (Å²) in [6, 6.07) is 5.90. The van der Waals surface area contributed by atoms with Crippen LogP contribution in [0.4, 0.5) is 0 Å². The van der Waals surface area contributed by atoms with E-state index >= 15 is 0 Å². The average molecular weight is 329 g/mol. The number of hydrogen-bond donors (Lipinski definition) is 2. The van der Waals surface area contributed by atoms with Crippen LogP contribution in [0, 0.1) is 0 Å². The number of carbonyl (C=O) groups excluding carboxylic acids is 1. The third kappa shape index (κ3) is 6.07. The van der Waals surface area contributed by atoms with Gasteiger partial charge >= 0.3 is 0 Å². The fraction of sp³-hybridized carbons (Fsp3) is 0.500. The van der Waals surface area contributed by atoms with E-state index in [0.717, 1.165) is 28.9 Å². The first-order chi connectivity index (χ1) is 9.17. The quantitative estimate of drug-likeness (QED) is 0.770. The van der Waals surface area contributed by atoms with Crippen LogP contribution in [0.1, 0.15) is 25.8 Å². The van der Waals surface area contributed by atoms with Gasteiger partial charge in [0.15, 0.2) is 0 Å². The molecule has 0 atom stereocenters. The summed E-state index contributed by atoms with van der Waals surface area (Å²) in [5.41, 5.74) is 1.09. The summed E-state index contributed by atoms with van der Waals surface area (Å²) < 4.78 is 6.71. The molecule has 0 aliphatic rings. The molecule has 0 unspecified atom stereocenters. The topological polar surface area (TPSA) is 50.4 Å². The molecule has 0 spiro atoms. The van der Waals surface area contributed by atoms with Gasteiger partial charge in [-0.3, -0.25) is 4.79 Å². The second-order valence-electron chi connectivity index (χ2n) is 4.08. The Kier molecular flexibility index (Phi) is 7.52. The number of ether oxygens (including phenoxy) is 1. The minimum absolute atomic E-state index is 0.0212. The van der Waals surface area contributed by atoms with E-state index in [-0.39, 0.29) is 5.91 Å². The van der Waals surface area contributed by atoms with Crippen molar-refractivity contribution in [1.82, 2.24) is 10.6 Å². The summed E-state index contributed by atoms with van der Waals surface area (Å²) in [4.78, 5) is 11.3. The van der Waals surface area contributed by atoms with E-state index in [4.69, 9.17) is 4.74 Å². The molecule has 5 heteroatoms. The van der Waals surface area contributed by atoms with Gasteiger partial charge in [-0.25, -0.2) is 0 Å². The van der Waals surface area contributed by atoms with E-state index in [9.17, 15) is 4.79 Å². The minimum atomic E-state index is 0.0212. The van der Waals surface area contributed by atoms with Gasteiger partial charge in [0.1, 0.15) is 5.75 Å². The molecular formula is C14H21BrN2O2. The number of nitrogens with one attached hydrogen (secondary N) is 2. The van der Waals surface area contributed by atoms with Crippen molar-refractivity contribution in [3.63, 3.8) is 0 Å². The highest BCUT2D eigenvalue weighted by atomic mass is 79.9. The maximum Gasteiger partial charge on any atom is 0.223 e. The number of benzene rings is 1. The van der Waals surface area contributed by atoms with Crippen LogP contribution in [0.2, 0.25) is 0 Å². The molecule has 4 nitrogen and oxygen atoms in total. The largest absolute Gasteiger partial charge is 0.493 e. The smallest absolute Gasteiger partial charge is 0.223 e. The van der Waals surface area contributed by atoms with E-state index in [0.29, 0.717) is 19.6 Å². The second kappa shape index (κ2) is 8.93. The van der Waals surface area contributed by atoms with Crippen molar-refractivity contribution in [2.24, 2.45) is 0 Å². The third-order valence-electron chi connectivity index (χ3n) is 2.55. The Morgan fingerprint density at radius 1 is 1.32 bits per heavy atom. The number of amides is 1. The second-order valence-corrected chi connectivity index (χ2v) is 5.00. The summed E-state index contributed by atoms with van der Waals surface area (Å²) in [5.74, 6) is 0.848. The molecule has 2 N–H and O–H groups in total. The molecule has 1 aromatic carbocycles. The Bertz CT molecular complexity index is 410. The van der Waals surface area contributed by atoms with Crippen LogP contribution >= 0.6 is 15.9 Å². The van der Waals surface area contributed by atoms with E-state index in [1.165, 1.54) is 0 Å². The zero-order valence-corrected chi connectivity index (χ0v) is 13.0. The fourth-order valence-corrected chi connectivity index (χ4v) is 2.03. The van der Waals surface area contributed by atoms with Crippen molar-refractivity contribution < 1.29 is 9.53 Å². The van der Waals surface area contributed by atoms with E-state index in [1.807, 2.05) is 25.1 Å². The molecule has 19 heavy (non-hydrogen) atoms. The normalized spacial score (nSPS) is 10.3. The van der Waals surface area contributed by atoms with Gasteiger partial charge in [-0.15, -0.1) is 0 Å².